The molecule has 0 aromatic carbocycles. The summed E-state index contributed by atoms with van der Waals surface area (Å²) < 4.78 is 0. The molecule has 4 fully saturated rings. The van der Waals surface area contributed by atoms with Gasteiger partial charge in [0.15, 0.2) is 0 Å². The molecule has 1 nitrogen and oxygen atoms in total. The molecule has 0 radical (unpaired) electrons. The first kappa shape index (κ1) is 14.3. The summed E-state index contributed by atoms with van der Waals surface area (Å²) in [5.74, 6) is 4.19. The van der Waals surface area contributed by atoms with Crippen LogP contribution in [0.3, 0.4) is 0 Å². The third kappa shape index (κ3) is 1.78. The molecule has 0 aromatic rings. The van der Waals surface area contributed by atoms with E-state index in [2.05, 4.69) is 20.8 Å². The molecule has 0 unspecified atom stereocenters. The first-order valence-electron chi connectivity index (χ1n) is 9.49. The third-order valence-corrected chi connectivity index (χ3v) is 8.78. The van der Waals surface area contributed by atoms with Crippen LogP contribution in [0.15, 0.2) is 0 Å². The predicted molar refractivity (Wildman–Crippen MR) is 85.9 cm³/mol. The molecule has 0 spiro atoms. The number of fused-ring (bicyclic) bond motifs is 5. The van der Waals surface area contributed by atoms with Gasteiger partial charge in [0, 0.05) is 12.3 Å². The molecule has 4 aliphatic rings. The van der Waals surface area contributed by atoms with E-state index in [1.165, 1.54) is 51.4 Å². The predicted octanol–water partition coefficient (Wildman–Crippen LogP) is 5.23. The molecule has 21 heavy (non-hydrogen) atoms. The molecule has 0 bridgehead atoms. The maximum Gasteiger partial charge on any atom is 0.137 e. The molecule has 0 heterocycles. The van der Waals surface area contributed by atoms with Gasteiger partial charge in [-0.1, -0.05) is 33.6 Å². The van der Waals surface area contributed by atoms with Gasteiger partial charge in [-0.3, -0.25) is 4.79 Å². The fraction of sp³-hybridized carbons (Fsp3) is 0.950. The average molecular weight is 288 g/mol. The normalized spacial score (nSPS) is 56.5. The SMILES string of the molecule is C[C@H]1CC(=O)[C@H]2[C@@H]3CC[C@H]4CCCC[C@]4(C)[C@H]3CC[C@]12C. The van der Waals surface area contributed by atoms with Crippen molar-refractivity contribution in [1.29, 1.82) is 0 Å². The van der Waals surface area contributed by atoms with Crippen LogP contribution in [0, 0.1) is 40.4 Å². The van der Waals surface area contributed by atoms with Crippen molar-refractivity contribution in [3.8, 4) is 0 Å². The number of ketones is 1. The van der Waals surface area contributed by atoms with Crippen molar-refractivity contribution in [3.05, 3.63) is 0 Å². The summed E-state index contributed by atoms with van der Waals surface area (Å²) in [5, 5.41) is 0. The Morgan fingerprint density at radius 3 is 2.57 bits per heavy atom. The fourth-order valence-corrected chi connectivity index (χ4v) is 7.35. The molecule has 0 N–H and O–H groups in total. The van der Waals surface area contributed by atoms with Crippen LogP contribution < -0.4 is 0 Å². The van der Waals surface area contributed by atoms with Gasteiger partial charge in [-0.05, 0) is 73.0 Å². The van der Waals surface area contributed by atoms with Crippen molar-refractivity contribution in [2.24, 2.45) is 40.4 Å². The van der Waals surface area contributed by atoms with E-state index in [-0.39, 0.29) is 0 Å². The van der Waals surface area contributed by atoms with Crippen molar-refractivity contribution in [3.63, 3.8) is 0 Å². The summed E-state index contributed by atoms with van der Waals surface area (Å²) in [4.78, 5) is 12.7. The number of carbonyl (C=O) groups excluding carboxylic acids is 1. The van der Waals surface area contributed by atoms with E-state index in [4.69, 9.17) is 0 Å². The van der Waals surface area contributed by atoms with Crippen LogP contribution in [0.5, 0.6) is 0 Å². The van der Waals surface area contributed by atoms with Crippen molar-refractivity contribution >= 4 is 5.78 Å². The topological polar surface area (TPSA) is 17.1 Å². The summed E-state index contributed by atoms with van der Waals surface area (Å²) in [6.45, 7) is 7.38. The smallest absolute Gasteiger partial charge is 0.137 e. The summed E-state index contributed by atoms with van der Waals surface area (Å²) in [6.07, 6.45) is 12.1. The Bertz CT molecular complexity index is 455. The lowest BCUT2D eigenvalue weighted by atomic mass is 9.45. The summed E-state index contributed by atoms with van der Waals surface area (Å²) in [7, 11) is 0. The van der Waals surface area contributed by atoms with Gasteiger partial charge < -0.3 is 0 Å². The van der Waals surface area contributed by atoms with Crippen LogP contribution in [-0.2, 0) is 4.79 Å². The van der Waals surface area contributed by atoms with E-state index in [1.807, 2.05) is 0 Å². The Morgan fingerprint density at radius 2 is 1.76 bits per heavy atom. The van der Waals surface area contributed by atoms with E-state index >= 15 is 0 Å². The summed E-state index contributed by atoms with van der Waals surface area (Å²) in [5.41, 5.74) is 0.894. The third-order valence-electron chi connectivity index (χ3n) is 8.78. The summed E-state index contributed by atoms with van der Waals surface area (Å²) >= 11 is 0. The van der Waals surface area contributed by atoms with Gasteiger partial charge in [-0.25, -0.2) is 0 Å². The highest BCUT2D eigenvalue weighted by molar-refractivity contribution is 5.85. The maximum absolute atomic E-state index is 12.7. The molecule has 0 aliphatic heterocycles. The van der Waals surface area contributed by atoms with E-state index in [9.17, 15) is 4.79 Å². The average Bonchev–Trinajstić information content (AvgIpc) is 2.68. The minimum Gasteiger partial charge on any atom is -0.299 e. The molecule has 118 valence electrons. The Hall–Kier alpha value is -0.330. The lowest BCUT2D eigenvalue weighted by Crippen LogP contribution is -2.53. The van der Waals surface area contributed by atoms with Gasteiger partial charge in [0.25, 0.3) is 0 Å². The van der Waals surface area contributed by atoms with Gasteiger partial charge in [0.1, 0.15) is 5.78 Å². The number of Topliss-reactive ketones (excluding diaryl/α,β-unsaturated/α-hetero) is 1. The number of hydrogen-bond acceptors (Lipinski definition) is 1. The lowest BCUT2D eigenvalue weighted by molar-refractivity contribution is -0.140. The van der Waals surface area contributed by atoms with Crippen LogP contribution in [0.4, 0.5) is 0 Å². The van der Waals surface area contributed by atoms with Gasteiger partial charge in [0.2, 0.25) is 0 Å². The molecule has 0 amide bonds. The molecule has 7 atom stereocenters. The van der Waals surface area contributed by atoms with E-state index in [0.717, 1.165) is 24.2 Å². The standard InChI is InChI=1S/C20H32O/c1-13-12-17(21)18-15-8-7-14-6-4-5-10-20(14,3)16(15)9-11-19(13,18)2/h13-16,18H,4-12H2,1-3H3/t13-,14+,15+,16-,18+,19+,20-/m0/s1. The minimum atomic E-state index is 0.329. The van der Waals surface area contributed by atoms with Crippen molar-refractivity contribution in [2.75, 3.05) is 0 Å². The van der Waals surface area contributed by atoms with Crippen molar-refractivity contribution in [1.82, 2.24) is 0 Å². The van der Waals surface area contributed by atoms with Crippen LogP contribution in [0.25, 0.3) is 0 Å². The monoisotopic (exact) mass is 288 g/mol. The fourth-order valence-electron chi connectivity index (χ4n) is 7.35. The lowest BCUT2D eigenvalue weighted by Gasteiger charge is -2.60. The Labute approximate surface area is 130 Å². The quantitative estimate of drug-likeness (QED) is 0.596. The molecule has 0 saturated heterocycles. The van der Waals surface area contributed by atoms with Crippen molar-refractivity contribution < 1.29 is 4.79 Å². The summed E-state index contributed by atoms with van der Waals surface area (Å²) in [6, 6.07) is 0. The van der Waals surface area contributed by atoms with E-state index in [0.29, 0.717) is 28.4 Å². The highest BCUT2D eigenvalue weighted by atomic mass is 16.1. The molecular weight excluding hydrogens is 256 g/mol. The van der Waals surface area contributed by atoms with Gasteiger partial charge >= 0.3 is 0 Å². The molecule has 0 aromatic heterocycles. The first-order chi connectivity index (χ1) is 9.97. The highest BCUT2D eigenvalue weighted by Crippen LogP contribution is 2.66. The first-order valence-corrected chi connectivity index (χ1v) is 9.49. The van der Waals surface area contributed by atoms with E-state index in [1.54, 1.807) is 0 Å². The Morgan fingerprint density at radius 1 is 0.952 bits per heavy atom. The zero-order chi connectivity index (χ0) is 14.8. The minimum absolute atomic E-state index is 0.329. The Balaban J connectivity index is 1.69. The second-order valence-electron chi connectivity index (χ2n) is 9.39. The van der Waals surface area contributed by atoms with Gasteiger partial charge in [-0.15, -0.1) is 0 Å². The van der Waals surface area contributed by atoms with Crippen LogP contribution in [-0.4, -0.2) is 5.78 Å². The second kappa shape index (κ2) is 4.59. The molecule has 4 aliphatic carbocycles. The zero-order valence-corrected chi connectivity index (χ0v) is 14.2. The van der Waals surface area contributed by atoms with Crippen molar-refractivity contribution in [2.45, 2.75) is 78.6 Å². The van der Waals surface area contributed by atoms with Gasteiger partial charge in [0.05, 0.1) is 0 Å². The van der Waals surface area contributed by atoms with Crippen LogP contribution in [0.1, 0.15) is 78.6 Å². The van der Waals surface area contributed by atoms with Crippen LogP contribution in [0.2, 0.25) is 0 Å². The van der Waals surface area contributed by atoms with Crippen LogP contribution >= 0.6 is 0 Å². The highest BCUT2D eigenvalue weighted by Gasteiger charge is 2.61. The number of rotatable bonds is 0. The zero-order valence-electron chi connectivity index (χ0n) is 14.2. The Kier molecular flexibility index (Phi) is 3.12. The number of carbonyl (C=O) groups is 1. The van der Waals surface area contributed by atoms with Gasteiger partial charge in [-0.2, -0.15) is 0 Å². The largest absolute Gasteiger partial charge is 0.299 e. The molecule has 4 saturated carbocycles. The number of hydrogen-bond donors (Lipinski definition) is 0. The molecule has 1 heteroatoms. The maximum atomic E-state index is 12.7. The molecular formula is C20H32O. The molecule has 4 rings (SSSR count). The second-order valence-corrected chi connectivity index (χ2v) is 9.39. The van der Waals surface area contributed by atoms with E-state index < -0.39 is 0 Å².